The average molecular weight is 294 g/mol. The van der Waals surface area contributed by atoms with Crippen LogP contribution in [0.1, 0.15) is 5.56 Å². The third-order valence-electron chi connectivity index (χ3n) is 3.34. The molecule has 0 spiro atoms. The molecule has 1 aliphatic rings. The van der Waals surface area contributed by atoms with Gasteiger partial charge in [0.05, 0.1) is 17.2 Å². The van der Waals surface area contributed by atoms with Gasteiger partial charge in [-0.3, -0.25) is 0 Å². The molecule has 2 aromatic carbocycles. The van der Waals surface area contributed by atoms with Crippen LogP contribution in [0.3, 0.4) is 0 Å². The van der Waals surface area contributed by atoms with Crippen molar-refractivity contribution in [2.75, 3.05) is 18.6 Å². The number of anilines is 1. The lowest BCUT2D eigenvalue weighted by atomic mass is 10.2. The zero-order chi connectivity index (χ0) is 14.8. The fourth-order valence-electron chi connectivity index (χ4n) is 2.31. The summed E-state index contributed by atoms with van der Waals surface area (Å²) < 4.78 is 11.0. The van der Waals surface area contributed by atoms with Gasteiger partial charge in [-0.15, -0.1) is 0 Å². The number of H-pyrrole nitrogens is 1. The van der Waals surface area contributed by atoms with Crippen LogP contribution in [0.25, 0.3) is 11.0 Å². The predicted molar refractivity (Wildman–Crippen MR) is 84.7 cm³/mol. The molecule has 0 amide bonds. The van der Waals surface area contributed by atoms with Crippen molar-refractivity contribution < 1.29 is 9.47 Å². The first-order valence-corrected chi connectivity index (χ1v) is 7.02. The number of aromatic amines is 1. The Morgan fingerprint density at radius 1 is 1.09 bits per heavy atom. The zero-order valence-corrected chi connectivity index (χ0v) is 11.7. The Morgan fingerprint density at radius 2 is 1.95 bits per heavy atom. The number of imidazole rings is 1. The number of nitrogens with one attached hydrogen (secondary N) is 2. The highest BCUT2D eigenvalue weighted by Crippen LogP contribution is 2.30. The van der Waals surface area contributed by atoms with Crippen molar-refractivity contribution in [2.24, 2.45) is 5.10 Å². The maximum absolute atomic E-state index is 5.54. The molecule has 0 radical (unpaired) electrons. The molecular weight excluding hydrogens is 280 g/mol. The summed E-state index contributed by atoms with van der Waals surface area (Å²) in [5.41, 5.74) is 5.69. The lowest BCUT2D eigenvalue weighted by Gasteiger charge is -2.18. The topological polar surface area (TPSA) is 71.5 Å². The van der Waals surface area contributed by atoms with E-state index in [4.69, 9.17) is 9.47 Å². The molecule has 0 fully saturated rings. The fraction of sp³-hybridized carbons (Fsp3) is 0.125. The van der Waals surface area contributed by atoms with Crippen LogP contribution in [-0.4, -0.2) is 29.4 Å². The Morgan fingerprint density at radius 3 is 2.86 bits per heavy atom. The molecule has 3 aromatic rings. The van der Waals surface area contributed by atoms with Crippen LogP contribution in [-0.2, 0) is 0 Å². The molecule has 1 aromatic heterocycles. The largest absolute Gasteiger partial charge is 0.486 e. The molecule has 0 aliphatic carbocycles. The highest BCUT2D eigenvalue weighted by molar-refractivity contribution is 5.82. The van der Waals surface area contributed by atoms with Gasteiger partial charge in [-0.1, -0.05) is 12.1 Å². The maximum Gasteiger partial charge on any atom is 0.222 e. The van der Waals surface area contributed by atoms with Crippen LogP contribution in [0, 0.1) is 0 Å². The molecule has 0 unspecified atom stereocenters. The number of rotatable bonds is 3. The van der Waals surface area contributed by atoms with Gasteiger partial charge in [0, 0.05) is 0 Å². The number of benzene rings is 2. The highest BCUT2D eigenvalue weighted by Gasteiger charge is 2.10. The van der Waals surface area contributed by atoms with E-state index in [9.17, 15) is 0 Å². The summed E-state index contributed by atoms with van der Waals surface area (Å²) in [5, 5.41) is 4.19. The minimum Gasteiger partial charge on any atom is -0.486 e. The number of hydrogen-bond donors (Lipinski definition) is 2. The van der Waals surface area contributed by atoms with Crippen molar-refractivity contribution in [1.29, 1.82) is 0 Å². The fourth-order valence-corrected chi connectivity index (χ4v) is 2.31. The standard InChI is InChI=1S/C16H14N4O2/c1-2-4-13-12(3-1)18-16(19-13)20-17-10-11-5-6-14-15(9-11)22-8-7-21-14/h1-6,9-10H,7-8H2,(H2,18,19,20)/b17-10+. The Kier molecular flexibility index (Phi) is 3.12. The minimum absolute atomic E-state index is 0.574. The number of hydrazone groups is 1. The van der Waals surface area contributed by atoms with Gasteiger partial charge >= 0.3 is 0 Å². The van der Waals surface area contributed by atoms with Crippen LogP contribution in [0.15, 0.2) is 47.6 Å². The van der Waals surface area contributed by atoms with Crippen molar-refractivity contribution in [2.45, 2.75) is 0 Å². The van der Waals surface area contributed by atoms with Crippen LogP contribution < -0.4 is 14.9 Å². The number of nitrogens with zero attached hydrogens (tertiary/aromatic N) is 2. The van der Waals surface area contributed by atoms with E-state index in [1.807, 2.05) is 42.5 Å². The Labute approximate surface area is 126 Å². The molecule has 2 N–H and O–H groups in total. The summed E-state index contributed by atoms with van der Waals surface area (Å²) in [4.78, 5) is 7.54. The second kappa shape index (κ2) is 5.40. The first-order chi connectivity index (χ1) is 10.9. The second-order valence-corrected chi connectivity index (χ2v) is 4.88. The maximum atomic E-state index is 5.54. The molecule has 1 aliphatic heterocycles. The number of aromatic nitrogens is 2. The van der Waals surface area contributed by atoms with E-state index in [-0.39, 0.29) is 0 Å². The third-order valence-corrected chi connectivity index (χ3v) is 3.34. The molecule has 0 atom stereocenters. The SMILES string of the molecule is C(=N\Nc1nc2ccccc2[nH]1)/c1ccc2c(c1)OCCO2. The van der Waals surface area contributed by atoms with Gasteiger partial charge in [0.15, 0.2) is 11.5 Å². The Balaban J connectivity index is 1.49. The van der Waals surface area contributed by atoms with E-state index in [0.717, 1.165) is 28.1 Å². The van der Waals surface area contributed by atoms with Crippen LogP contribution >= 0.6 is 0 Å². The first kappa shape index (κ1) is 12.7. The van der Waals surface area contributed by atoms with Gasteiger partial charge in [-0.25, -0.2) is 10.4 Å². The molecule has 22 heavy (non-hydrogen) atoms. The lowest BCUT2D eigenvalue weighted by molar-refractivity contribution is 0.171. The quantitative estimate of drug-likeness (QED) is 0.575. The number of hydrogen-bond acceptors (Lipinski definition) is 5. The molecule has 6 nitrogen and oxygen atoms in total. The smallest absolute Gasteiger partial charge is 0.222 e. The monoisotopic (exact) mass is 294 g/mol. The summed E-state index contributed by atoms with van der Waals surface area (Å²) in [7, 11) is 0. The van der Waals surface area contributed by atoms with E-state index in [2.05, 4.69) is 20.5 Å². The van der Waals surface area contributed by atoms with Gasteiger partial charge in [0.25, 0.3) is 0 Å². The molecule has 110 valence electrons. The summed E-state index contributed by atoms with van der Waals surface area (Å²) in [5.74, 6) is 2.13. The van der Waals surface area contributed by atoms with Crippen LogP contribution in [0.2, 0.25) is 0 Å². The summed E-state index contributed by atoms with van der Waals surface area (Å²) in [6.07, 6.45) is 1.71. The summed E-state index contributed by atoms with van der Waals surface area (Å²) >= 11 is 0. The molecule has 2 heterocycles. The molecular formula is C16H14N4O2. The van der Waals surface area contributed by atoms with E-state index >= 15 is 0 Å². The predicted octanol–water partition coefficient (Wildman–Crippen LogP) is 2.78. The molecule has 0 saturated heterocycles. The second-order valence-electron chi connectivity index (χ2n) is 4.88. The van der Waals surface area contributed by atoms with Gasteiger partial charge < -0.3 is 14.5 Å². The van der Waals surface area contributed by atoms with Crippen molar-refractivity contribution in [3.8, 4) is 11.5 Å². The van der Waals surface area contributed by atoms with Crippen molar-refractivity contribution >= 4 is 23.2 Å². The zero-order valence-electron chi connectivity index (χ0n) is 11.7. The van der Waals surface area contributed by atoms with E-state index in [1.165, 1.54) is 0 Å². The highest BCUT2D eigenvalue weighted by atomic mass is 16.6. The molecule has 6 heteroatoms. The van der Waals surface area contributed by atoms with E-state index in [0.29, 0.717) is 19.2 Å². The van der Waals surface area contributed by atoms with Gasteiger partial charge in [0.1, 0.15) is 13.2 Å². The third kappa shape index (κ3) is 2.46. The normalized spacial score (nSPS) is 13.6. The summed E-state index contributed by atoms with van der Waals surface area (Å²) in [6.45, 7) is 1.17. The number of ether oxygens (including phenoxy) is 2. The molecule has 0 bridgehead atoms. The van der Waals surface area contributed by atoms with Crippen molar-refractivity contribution in [3.63, 3.8) is 0 Å². The van der Waals surface area contributed by atoms with Gasteiger partial charge in [0.2, 0.25) is 5.95 Å². The van der Waals surface area contributed by atoms with Gasteiger partial charge in [-0.2, -0.15) is 5.10 Å². The Bertz CT molecular complexity index is 808. The lowest BCUT2D eigenvalue weighted by Crippen LogP contribution is -2.15. The van der Waals surface area contributed by atoms with Crippen molar-refractivity contribution in [3.05, 3.63) is 48.0 Å². The number of para-hydroxylation sites is 2. The van der Waals surface area contributed by atoms with E-state index < -0.39 is 0 Å². The molecule has 0 saturated carbocycles. The molecule has 4 rings (SSSR count). The van der Waals surface area contributed by atoms with Crippen molar-refractivity contribution in [1.82, 2.24) is 9.97 Å². The van der Waals surface area contributed by atoms with E-state index in [1.54, 1.807) is 6.21 Å². The number of fused-ring (bicyclic) bond motifs is 2. The van der Waals surface area contributed by atoms with Gasteiger partial charge in [-0.05, 0) is 35.9 Å². The average Bonchev–Trinajstić information content (AvgIpc) is 2.97. The summed E-state index contributed by atoms with van der Waals surface area (Å²) in [6, 6.07) is 13.5. The van der Waals surface area contributed by atoms with Crippen LogP contribution in [0.4, 0.5) is 5.95 Å². The minimum atomic E-state index is 0.574. The first-order valence-electron chi connectivity index (χ1n) is 7.02. The Hall–Kier alpha value is -3.02. The van der Waals surface area contributed by atoms with Crippen LogP contribution in [0.5, 0.6) is 11.5 Å².